The lowest BCUT2D eigenvalue weighted by Gasteiger charge is -1.99. The molecule has 0 atom stereocenters. The number of ether oxygens (including phenoxy) is 1. The fraction of sp³-hybridized carbons (Fsp3) is 0.375. The van der Waals surface area contributed by atoms with Crippen molar-refractivity contribution < 1.29 is 4.74 Å². The van der Waals surface area contributed by atoms with E-state index in [2.05, 4.69) is 27.6 Å². The van der Waals surface area contributed by atoms with E-state index in [4.69, 9.17) is 4.74 Å². The van der Waals surface area contributed by atoms with Crippen LogP contribution in [0.1, 0.15) is 12.6 Å². The molecule has 0 amide bonds. The molecule has 1 heterocycles. The van der Waals surface area contributed by atoms with Crippen LogP contribution in [0.5, 0.6) is 0 Å². The van der Waals surface area contributed by atoms with E-state index in [0.29, 0.717) is 6.61 Å². The second-order valence-corrected chi connectivity index (χ2v) is 3.35. The molecular formula is C8H10INO. The molecule has 2 nitrogen and oxygen atoms in total. The number of nitrogens with zero attached hydrogens (tertiary/aromatic N) is 1. The van der Waals surface area contributed by atoms with Crippen molar-refractivity contribution in [3.63, 3.8) is 0 Å². The van der Waals surface area contributed by atoms with Gasteiger partial charge in [-0.05, 0) is 41.6 Å². The first-order chi connectivity index (χ1) is 5.33. The molecule has 1 aromatic heterocycles. The van der Waals surface area contributed by atoms with E-state index < -0.39 is 0 Å². The van der Waals surface area contributed by atoms with Gasteiger partial charge in [0.05, 0.1) is 12.3 Å². The van der Waals surface area contributed by atoms with Gasteiger partial charge in [0.2, 0.25) is 0 Å². The Bertz CT molecular complexity index is 210. The van der Waals surface area contributed by atoms with E-state index in [1.54, 1.807) is 0 Å². The molecule has 0 radical (unpaired) electrons. The summed E-state index contributed by atoms with van der Waals surface area (Å²) in [6.45, 7) is 3.34. The number of aromatic nitrogens is 1. The van der Waals surface area contributed by atoms with Crippen LogP contribution in [0.15, 0.2) is 18.3 Å². The normalized spacial score (nSPS) is 10.0. The molecule has 0 aliphatic carbocycles. The first-order valence-corrected chi connectivity index (χ1v) is 4.59. The zero-order valence-corrected chi connectivity index (χ0v) is 8.54. The van der Waals surface area contributed by atoms with Crippen molar-refractivity contribution >= 4 is 22.6 Å². The van der Waals surface area contributed by atoms with Crippen molar-refractivity contribution in [1.29, 1.82) is 0 Å². The van der Waals surface area contributed by atoms with Crippen LogP contribution in [-0.2, 0) is 11.3 Å². The molecule has 60 valence electrons. The Balaban J connectivity index is 2.52. The standard InChI is InChI=1S/C8H10INO/c1-2-11-6-8-4-3-7(9)5-10-8/h3-5H,2,6H2,1H3. The van der Waals surface area contributed by atoms with Gasteiger partial charge in [-0.1, -0.05) is 0 Å². The third-order valence-electron chi connectivity index (χ3n) is 1.24. The molecule has 0 spiro atoms. The lowest BCUT2D eigenvalue weighted by atomic mass is 10.4. The lowest BCUT2D eigenvalue weighted by Crippen LogP contribution is -1.94. The summed E-state index contributed by atoms with van der Waals surface area (Å²) in [6, 6.07) is 4.01. The van der Waals surface area contributed by atoms with Crippen LogP contribution in [0.4, 0.5) is 0 Å². The summed E-state index contributed by atoms with van der Waals surface area (Å²) in [5.74, 6) is 0. The largest absolute Gasteiger partial charge is 0.375 e. The van der Waals surface area contributed by atoms with E-state index in [9.17, 15) is 0 Å². The van der Waals surface area contributed by atoms with Crippen LogP contribution in [-0.4, -0.2) is 11.6 Å². The maximum absolute atomic E-state index is 5.19. The summed E-state index contributed by atoms with van der Waals surface area (Å²) >= 11 is 2.23. The number of hydrogen-bond acceptors (Lipinski definition) is 2. The maximum Gasteiger partial charge on any atom is 0.0887 e. The third kappa shape index (κ3) is 3.16. The average Bonchev–Trinajstić information content (AvgIpc) is 2.04. The van der Waals surface area contributed by atoms with Gasteiger partial charge in [0, 0.05) is 16.4 Å². The van der Waals surface area contributed by atoms with Crippen molar-refractivity contribution in [3.8, 4) is 0 Å². The number of halogens is 1. The molecule has 0 saturated carbocycles. The van der Waals surface area contributed by atoms with Gasteiger partial charge in [0.25, 0.3) is 0 Å². The molecular weight excluding hydrogens is 253 g/mol. The van der Waals surface area contributed by atoms with Gasteiger partial charge < -0.3 is 4.74 Å². The molecule has 0 unspecified atom stereocenters. The van der Waals surface area contributed by atoms with Gasteiger partial charge in [0.1, 0.15) is 0 Å². The van der Waals surface area contributed by atoms with Gasteiger partial charge in [-0.3, -0.25) is 4.98 Å². The summed E-state index contributed by atoms with van der Waals surface area (Å²) in [4.78, 5) is 4.18. The van der Waals surface area contributed by atoms with Gasteiger partial charge >= 0.3 is 0 Å². The predicted octanol–water partition coefficient (Wildman–Crippen LogP) is 2.22. The minimum atomic E-state index is 0.618. The van der Waals surface area contributed by atoms with Crippen LogP contribution >= 0.6 is 22.6 Å². The van der Waals surface area contributed by atoms with Gasteiger partial charge in [0.15, 0.2) is 0 Å². The van der Waals surface area contributed by atoms with Gasteiger partial charge in [-0.15, -0.1) is 0 Å². The Morgan fingerprint density at radius 2 is 2.36 bits per heavy atom. The third-order valence-corrected chi connectivity index (χ3v) is 1.88. The topological polar surface area (TPSA) is 22.1 Å². The molecule has 0 fully saturated rings. The second kappa shape index (κ2) is 4.66. The van der Waals surface area contributed by atoms with E-state index in [1.807, 2.05) is 25.3 Å². The highest BCUT2D eigenvalue weighted by molar-refractivity contribution is 14.1. The summed E-state index contributed by atoms with van der Waals surface area (Å²) in [5, 5.41) is 0. The predicted molar refractivity (Wildman–Crippen MR) is 52.3 cm³/mol. The highest BCUT2D eigenvalue weighted by atomic mass is 127. The molecule has 3 heteroatoms. The van der Waals surface area contributed by atoms with Crippen LogP contribution in [0, 0.1) is 3.57 Å². The summed E-state index contributed by atoms with van der Waals surface area (Å²) in [5.41, 5.74) is 0.993. The van der Waals surface area contributed by atoms with Crippen LogP contribution < -0.4 is 0 Å². The van der Waals surface area contributed by atoms with Gasteiger partial charge in [-0.25, -0.2) is 0 Å². The summed E-state index contributed by atoms with van der Waals surface area (Å²) in [6.07, 6.45) is 1.84. The number of pyridine rings is 1. The second-order valence-electron chi connectivity index (χ2n) is 2.10. The molecule has 11 heavy (non-hydrogen) atoms. The van der Waals surface area contributed by atoms with Gasteiger partial charge in [-0.2, -0.15) is 0 Å². The fourth-order valence-electron chi connectivity index (χ4n) is 0.698. The molecule has 0 saturated heterocycles. The highest BCUT2D eigenvalue weighted by Gasteiger charge is 1.92. The Hall–Kier alpha value is -0.160. The van der Waals surface area contributed by atoms with Crippen LogP contribution in [0.25, 0.3) is 0 Å². The summed E-state index contributed by atoms with van der Waals surface area (Å²) in [7, 11) is 0. The van der Waals surface area contributed by atoms with Crippen molar-refractivity contribution in [3.05, 3.63) is 27.6 Å². The quantitative estimate of drug-likeness (QED) is 0.780. The van der Waals surface area contributed by atoms with Crippen molar-refractivity contribution in [2.24, 2.45) is 0 Å². The Labute approximate surface area is 80.1 Å². The maximum atomic E-state index is 5.19. The molecule has 0 aliphatic rings. The van der Waals surface area contributed by atoms with Crippen molar-refractivity contribution in [1.82, 2.24) is 4.98 Å². The van der Waals surface area contributed by atoms with E-state index in [0.717, 1.165) is 15.9 Å². The molecule has 0 aliphatic heterocycles. The zero-order chi connectivity index (χ0) is 8.10. The number of rotatable bonds is 3. The van der Waals surface area contributed by atoms with Crippen LogP contribution in [0.3, 0.4) is 0 Å². The number of hydrogen-bond donors (Lipinski definition) is 0. The summed E-state index contributed by atoms with van der Waals surface area (Å²) < 4.78 is 6.35. The van der Waals surface area contributed by atoms with Crippen molar-refractivity contribution in [2.75, 3.05) is 6.61 Å². The fourth-order valence-corrected chi connectivity index (χ4v) is 1.02. The molecule has 1 rings (SSSR count). The van der Waals surface area contributed by atoms with E-state index in [-0.39, 0.29) is 0 Å². The Morgan fingerprint density at radius 3 is 2.91 bits per heavy atom. The molecule has 0 bridgehead atoms. The monoisotopic (exact) mass is 263 g/mol. The Morgan fingerprint density at radius 1 is 1.55 bits per heavy atom. The minimum Gasteiger partial charge on any atom is -0.375 e. The van der Waals surface area contributed by atoms with Crippen LogP contribution in [0.2, 0.25) is 0 Å². The average molecular weight is 263 g/mol. The zero-order valence-electron chi connectivity index (χ0n) is 6.38. The molecule has 0 N–H and O–H groups in total. The smallest absolute Gasteiger partial charge is 0.0887 e. The molecule has 0 aromatic carbocycles. The minimum absolute atomic E-state index is 0.618. The van der Waals surface area contributed by atoms with E-state index >= 15 is 0 Å². The lowest BCUT2D eigenvalue weighted by molar-refractivity contribution is 0.131. The molecule has 1 aromatic rings. The van der Waals surface area contributed by atoms with E-state index in [1.165, 1.54) is 0 Å². The highest BCUT2D eigenvalue weighted by Crippen LogP contribution is 2.03. The van der Waals surface area contributed by atoms with Crippen molar-refractivity contribution in [2.45, 2.75) is 13.5 Å². The first-order valence-electron chi connectivity index (χ1n) is 3.51. The Kier molecular flexibility index (Phi) is 3.79. The SMILES string of the molecule is CCOCc1ccc(I)cn1. The first kappa shape index (κ1) is 8.93.